The topological polar surface area (TPSA) is 122 Å². The molecule has 1 amide bonds. The van der Waals surface area contributed by atoms with Crippen LogP contribution in [0.15, 0.2) is 51.9 Å². The predicted molar refractivity (Wildman–Crippen MR) is 98.8 cm³/mol. The van der Waals surface area contributed by atoms with E-state index < -0.39 is 11.5 Å². The van der Waals surface area contributed by atoms with Crippen molar-refractivity contribution >= 4 is 17.3 Å². The average molecular weight is 370 g/mol. The Morgan fingerprint density at radius 3 is 2.74 bits per heavy atom. The zero-order valence-electron chi connectivity index (χ0n) is 14.8. The minimum atomic E-state index is -0.571. The maximum Gasteiger partial charge on any atom is 0.290 e. The lowest BCUT2D eigenvalue weighted by Gasteiger charge is -2.12. The molecule has 3 rings (SSSR count). The van der Waals surface area contributed by atoms with Crippen molar-refractivity contribution in [1.82, 2.24) is 9.78 Å². The van der Waals surface area contributed by atoms with Crippen LogP contribution in [0, 0.1) is 0 Å². The molecule has 3 aromatic rings. The number of nitrogen functional groups attached to an aromatic ring is 1. The second kappa shape index (κ2) is 7.65. The molecule has 27 heavy (non-hydrogen) atoms. The van der Waals surface area contributed by atoms with Crippen molar-refractivity contribution in [1.29, 1.82) is 0 Å². The Balaban J connectivity index is 1.85. The zero-order chi connectivity index (χ0) is 19.4. The Labute approximate surface area is 154 Å². The van der Waals surface area contributed by atoms with Crippen molar-refractivity contribution in [2.24, 2.45) is 0 Å². The van der Waals surface area contributed by atoms with E-state index in [1.807, 2.05) is 0 Å². The van der Waals surface area contributed by atoms with Gasteiger partial charge in [0.15, 0.2) is 5.76 Å². The fourth-order valence-corrected chi connectivity index (χ4v) is 2.45. The van der Waals surface area contributed by atoms with Gasteiger partial charge in [0.2, 0.25) is 5.91 Å². The molecule has 0 saturated carbocycles. The number of carbonyl (C=O) groups is 1. The number of furan rings is 1. The number of ether oxygens (including phenoxy) is 2. The summed E-state index contributed by atoms with van der Waals surface area (Å²) in [5.41, 5.74) is 5.90. The number of nitrogens with zero attached hydrogens (tertiary/aromatic N) is 2. The molecule has 0 unspecified atom stereocenters. The van der Waals surface area contributed by atoms with E-state index in [2.05, 4.69) is 10.4 Å². The maximum atomic E-state index is 12.4. The molecule has 0 radical (unpaired) electrons. The van der Waals surface area contributed by atoms with Gasteiger partial charge in [0.25, 0.3) is 5.56 Å². The SMILES string of the molecule is COc1ccc(OC)c(NC(=O)Cn2nc(-c3ccco3)cc(N)c2=O)c1. The number of nitrogens with two attached hydrogens (primary N) is 1. The molecule has 0 aliphatic rings. The minimum absolute atomic E-state index is 0.0387. The van der Waals surface area contributed by atoms with Gasteiger partial charge in [-0.1, -0.05) is 0 Å². The number of hydrogen-bond donors (Lipinski definition) is 2. The second-order valence-corrected chi connectivity index (χ2v) is 5.54. The lowest BCUT2D eigenvalue weighted by atomic mass is 10.2. The van der Waals surface area contributed by atoms with Gasteiger partial charge in [0.05, 0.1) is 26.2 Å². The number of methoxy groups -OCH3 is 2. The third kappa shape index (κ3) is 3.92. The third-order valence-corrected chi connectivity index (χ3v) is 3.75. The summed E-state index contributed by atoms with van der Waals surface area (Å²) < 4.78 is 16.6. The normalized spacial score (nSPS) is 10.4. The van der Waals surface area contributed by atoms with Gasteiger partial charge in [-0.2, -0.15) is 5.10 Å². The molecule has 0 atom stereocenters. The Morgan fingerprint density at radius 1 is 1.26 bits per heavy atom. The number of carbonyl (C=O) groups excluding carboxylic acids is 1. The number of hydrogen-bond acceptors (Lipinski definition) is 7. The molecule has 0 aliphatic heterocycles. The highest BCUT2D eigenvalue weighted by Gasteiger charge is 2.14. The number of nitrogens with one attached hydrogen (secondary N) is 1. The molecule has 9 nitrogen and oxygen atoms in total. The molecule has 0 spiro atoms. The van der Waals surface area contributed by atoms with Crippen LogP contribution in [0.1, 0.15) is 0 Å². The van der Waals surface area contributed by atoms with Gasteiger partial charge in [-0.05, 0) is 30.3 Å². The molecular formula is C18H18N4O5. The van der Waals surface area contributed by atoms with E-state index in [1.165, 1.54) is 26.5 Å². The standard InChI is InChI=1S/C18H18N4O5/c1-25-11-5-6-15(26-2)13(8-11)20-17(23)10-22-18(24)12(19)9-14(21-22)16-4-3-7-27-16/h3-9H,10,19H2,1-2H3,(H,20,23). The fourth-order valence-electron chi connectivity index (χ4n) is 2.45. The zero-order valence-corrected chi connectivity index (χ0v) is 14.8. The summed E-state index contributed by atoms with van der Waals surface area (Å²) in [4.78, 5) is 24.7. The first-order valence-corrected chi connectivity index (χ1v) is 7.95. The van der Waals surface area contributed by atoms with Gasteiger partial charge in [-0.25, -0.2) is 4.68 Å². The van der Waals surface area contributed by atoms with Crippen LogP contribution in [-0.4, -0.2) is 29.9 Å². The summed E-state index contributed by atoms with van der Waals surface area (Å²) in [5, 5.41) is 6.82. The summed E-state index contributed by atoms with van der Waals surface area (Å²) in [5.74, 6) is 0.955. The number of anilines is 2. The fraction of sp³-hybridized carbons (Fsp3) is 0.167. The maximum absolute atomic E-state index is 12.4. The van der Waals surface area contributed by atoms with E-state index in [0.29, 0.717) is 28.6 Å². The molecule has 1 aromatic carbocycles. The van der Waals surface area contributed by atoms with Crippen LogP contribution in [-0.2, 0) is 11.3 Å². The number of amides is 1. The Bertz CT molecular complexity index is 1010. The first-order valence-electron chi connectivity index (χ1n) is 7.95. The summed E-state index contributed by atoms with van der Waals surface area (Å²) in [6.07, 6.45) is 1.48. The number of aromatic nitrogens is 2. The van der Waals surface area contributed by atoms with E-state index in [9.17, 15) is 9.59 Å². The van der Waals surface area contributed by atoms with E-state index in [-0.39, 0.29) is 12.2 Å². The highest BCUT2D eigenvalue weighted by atomic mass is 16.5. The molecule has 0 aliphatic carbocycles. The molecule has 0 bridgehead atoms. The monoisotopic (exact) mass is 370 g/mol. The molecule has 0 saturated heterocycles. The lowest BCUT2D eigenvalue weighted by molar-refractivity contribution is -0.117. The quantitative estimate of drug-likeness (QED) is 0.678. The summed E-state index contributed by atoms with van der Waals surface area (Å²) >= 11 is 0. The number of rotatable bonds is 6. The van der Waals surface area contributed by atoms with Crippen LogP contribution in [0.25, 0.3) is 11.5 Å². The van der Waals surface area contributed by atoms with Gasteiger partial charge >= 0.3 is 0 Å². The Kier molecular flexibility index (Phi) is 5.11. The van der Waals surface area contributed by atoms with E-state index in [1.54, 1.807) is 30.3 Å². The summed E-state index contributed by atoms with van der Waals surface area (Å²) in [7, 11) is 3.00. The molecule has 140 valence electrons. The largest absolute Gasteiger partial charge is 0.497 e. The van der Waals surface area contributed by atoms with Gasteiger partial charge < -0.3 is 24.9 Å². The molecule has 9 heteroatoms. The second-order valence-electron chi connectivity index (χ2n) is 5.54. The first-order chi connectivity index (χ1) is 13.0. The first kappa shape index (κ1) is 18.1. The van der Waals surface area contributed by atoms with Crippen LogP contribution in [0.3, 0.4) is 0 Å². The smallest absolute Gasteiger partial charge is 0.290 e. The molecule has 2 heterocycles. The van der Waals surface area contributed by atoms with Gasteiger partial charge in [-0.15, -0.1) is 0 Å². The molecule has 0 fully saturated rings. The molecular weight excluding hydrogens is 352 g/mol. The van der Waals surface area contributed by atoms with Crippen LogP contribution in [0.4, 0.5) is 11.4 Å². The van der Waals surface area contributed by atoms with Gasteiger partial charge in [0, 0.05) is 6.07 Å². The summed E-state index contributed by atoms with van der Waals surface area (Å²) in [6.45, 7) is -0.335. The van der Waals surface area contributed by atoms with E-state index >= 15 is 0 Å². The number of benzene rings is 1. The Hall–Kier alpha value is -3.75. The predicted octanol–water partition coefficient (Wildman–Crippen LogP) is 1.74. The lowest BCUT2D eigenvalue weighted by Crippen LogP contribution is -2.31. The van der Waals surface area contributed by atoms with Gasteiger partial charge in [0.1, 0.15) is 29.4 Å². The van der Waals surface area contributed by atoms with Crippen molar-refractivity contribution in [2.75, 3.05) is 25.3 Å². The average Bonchev–Trinajstić information content (AvgIpc) is 3.20. The van der Waals surface area contributed by atoms with Crippen molar-refractivity contribution in [2.45, 2.75) is 6.54 Å². The highest BCUT2D eigenvalue weighted by molar-refractivity contribution is 5.92. The molecule has 2 aromatic heterocycles. The van der Waals surface area contributed by atoms with Crippen LogP contribution in [0.5, 0.6) is 11.5 Å². The van der Waals surface area contributed by atoms with Crippen LogP contribution < -0.4 is 26.1 Å². The minimum Gasteiger partial charge on any atom is -0.497 e. The summed E-state index contributed by atoms with van der Waals surface area (Å²) in [6, 6.07) is 9.74. The van der Waals surface area contributed by atoms with Gasteiger partial charge in [-0.3, -0.25) is 9.59 Å². The Morgan fingerprint density at radius 2 is 2.07 bits per heavy atom. The van der Waals surface area contributed by atoms with Crippen molar-refractivity contribution in [3.8, 4) is 23.0 Å². The van der Waals surface area contributed by atoms with Crippen molar-refractivity contribution < 1.29 is 18.7 Å². The van der Waals surface area contributed by atoms with Crippen molar-refractivity contribution in [3.05, 3.63) is 53.0 Å². The van der Waals surface area contributed by atoms with Crippen LogP contribution in [0.2, 0.25) is 0 Å². The highest BCUT2D eigenvalue weighted by Crippen LogP contribution is 2.28. The van der Waals surface area contributed by atoms with E-state index in [4.69, 9.17) is 19.6 Å². The molecule has 3 N–H and O–H groups in total. The van der Waals surface area contributed by atoms with Crippen molar-refractivity contribution in [3.63, 3.8) is 0 Å². The van der Waals surface area contributed by atoms with Crippen LogP contribution >= 0.6 is 0 Å². The van der Waals surface area contributed by atoms with E-state index in [0.717, 1.165) is 4.68 Å². The third-order valence-electron chi connectivity index (χ3n) is 3.75.